The Bertz CT molecular complexity index is 258. The fourth-order valence-corrected chi connectivity index (χ4v) is 1.00. The number of primary amides is 1. The van der Waals surface area contributed by atoms with Gasteiger partial charge >= 0.3 is 0 Å². The van der Waals surface area contributed by atoms with Crippen molar-refractivity contribution in [1.82, 2.24) is 10.5 Å². The molecule has 0 aliphatic heterocycles. The van der Waals surface area contributed by atoms with E-state index in [9.17, 15) is 4.79 Å². The first-order valence-corrected chi connectivity index (χ1v) is 4.16. The van der Waals surface area contributed by atoms with Gasteiger partial charge in [0.2, 0.25) is 5.91 Å². The van der Waals surface area contributed by atoms with E-state index in [0.717, 1.165) is 5.69 Å². The van der Waals surface area contributed by atoms with Gasteiger partial charge in [0.1, 0.15) is 6.26 Å². The van der Waals surface area contributed by atoms with E-state index in [1.807, 2.05) is 6.92 Å². The molecule has 1 unspecified atom stereocenters. The van der Waals surface area contributed by atoms with Crippen molar-refractivity contribution in [3.05, 3.63) is 18.0 Å². The third-order valence-corrected chi connectivity index (χ3v) is 1.77. The minimum atomic E-state index is -0.342. The monoisotopic (exact) mass is 183 g/mol. The molecule has 0 spiro atoms. The average molecular weight is 183 g/mol. The predicted molar refractivity (Wildman–Crippen MR) is 46.6 cm³/mol. The molecule has 0 radical (unpaired) electrons. The summed E-state index contributed by atoms with van der Waals surface area (Å²) in [6.07, 6.45) is 2.16. The van der Waals surface area contributed by atoms with E-state index in [-0.39, 0.29) is 11.9 Å². The molecule has 0 aliphatic carbocycles. The largest absolute Gasteiger partial charge is 0.368 e. The van der Waals surface area contributed by atoms with Crippen LogP contribution in [0, 0.1) is 0 Å². The van der Waals surface area contributed by atoms with Gasteiger partial charge in [-0.15, -0.1) is 0 Å². The summed E-state index contributed by atoms with van der Waals surface area (Å²) in [6, 6.07) is 1.44. The molecule has 0 bridgehead atoms. The molecule has 0 saturated heterocycles. The fraction of sp³-hybridized carbons (Fsp3) is 0.500. The number of hydrogen-bond donors (Lipinski definition) is 2. The molecule has 0 aliphatic rings. The second kappa shape index (κ2) is 4.61. The molecule has 0 saturated carbocycles. The normalized spacial score (nSPS) is 12.7. The summed E-state index contributed by atoms with van der Waals surface area (Å²) in [5.74, 6) is -0.342. The van der Waals surface area contributed by atoms with Crippen molar-refractivity contribution in [2.75, 3.05) is 0 Å². The van der Waals surface area contributed by atoms with E-state index in [1.54, 1.807) is 6.07 Å². The Morgan fingerprint density at radius 3 is 3.08 bits per heavy atom. The van der Waals surface area contributed by atoms with Gasteiger partial charge in [-0.05, 0) is 6.42 Å². The first-order valence-electron chi connectivity index (χ1n) is 4.16. The third kappa shape index (κ3) is 2.87. The van der Waals surface area contributed by atoms with Crippen LogP contribution in [0.3, 0.4) is 0 Å². The first kappa shape index (κ1) is 9.73. The van der Waals surface area contributed by atoms with Gasteiger partial charge in [0, 0.05) is 12.6 Å². The molecule has 1 aromatic heterocycles. The Labute approximate surface area is 76.3 Å². The highest BCUT2D eigenvalue weighted by atomic mass is 16.5. The lowest BCUT2D eigenvalue weighted by Gasteiger charge is -2.10. The van der Waals surface area contributed by atoms with Gasteiger partial charge in [-0.25, -0.2) is 0 Å². The lowest BCUT2D eigenvalue weighted by molar-refractivity contribution is -0.120. The molecule has 1 rings (SSSR count). The number of rotatable bonds is 5. The topological polar surface area (TPSA) is 81.2 Å². The van der Waals surface area contributed by atoms with Gasteiger partial charge < -0.3 is 15.6 Å². The highest BCUT2D eigenvalue weighted by Crippen LogP contribution is 1.96. The van der Waals surface area contributed by atoms with Crippen LogP contribution in [0.4, 0.5) is 0 Å². The Kier molecular flexibility index (Phi) is 3.45. The zero-order valence-electron chi connectivity index (χ0n) is 7.49. The van der Waals surface area contributed by atoms with E-state index < -0.39 is 0 Å². The fourth-order valence-electron chi connectivity index (χ4n) is 1.00. The molecule has 0 aromatic carbocycles. The van der Waals surface area contributed by atoms with Gasteiger partial charge in [0.25, 0.3) is 0 Å². The van der Waals surface area contributed by atoms with Crippen molar-refractivity contribution in [2.24, 2.45) is 5.73 Å². The summed E-state index contributed by atoms with van der Waals surface area (Å²) in [7, 11) is 0. The first-order chi connectivity index (χ1) is 6.24. The summed E-state index contributed by atoms with van der Waals surface area (Å²) in [5.41, 5.74) is 5.91. The van der Waals surface area contributed by atoms with Crippen LogP contribution < -0.4 is 11.1 Å². The molecule has 13 heavy (non-hydrogen) atoms. The Morgan fingerprint density at radius 1 is 1.85 bits per heavy atom. The minimum Gasteiger partial charge on any atom is -0.368 e. The predicted octanol–water partition coefficient (Wildman–Crippen LogP) is 0.0281. The summed E-state index contributed by atoms with van der Waals surface area (Å²) in [6.45, 7) is 2.39. The number of aromatic nitrogens is 1. The summed E-state index contributed by atoms with van der Waals surface area (Å²) < 4.78 is 4.63. The maximum absolute atomic E-state index is 10.8. The number of amides is 1. The number of nitrogens with two attached hydrogens (primary N) is 1. The van der Waals surface area contributed by atoms with E-state index in [0.29, 0.717) is 13.0 Å². The van der Waals surface area contributed by atoms with Crippen molar-refractivity contribution >= 4 is 5.91 Å². The quantitative estimate of drug-likeness (QED) is 0.674. The molecule has 1 aromatic rings. The van der Waals surface area contributed by atoms with Crippen molar-refractivity contribution in [2.45, 2.75) is 25.9 Å². The van der Waals surface area contributed by atoms with Crippen LogP contribution in [-0.2, 0) is 11.3 Å². The maximum Gasteiger partial charge on any atom is 0.234 e. The Balaban J connectivity index is 2.36. The second-order valence-electron chi connectivity index (χ2n) is 2.73. The number of nitrogens with zero attached hydrogens (tertiary/aromatic N) is 1. The number of carbonyl (C=O) groups excluding carboxylic acids is 1. The van der Waals surface area contributed by atoms with Gasteiger partial charge in [0.15, 0.2) is 0 Å². The molecular formula is C8H13N3O2. The Hall–Kier alpha value is -1.36. The third-order valence-electron chi connectivity index (χ3n) is 1.77. The van der Waals surface area contributed by atoms with Crippen molar-refractivity contribution in [3.63, 3.8) is 0 Å². The molecule has 1 atom stereocenters. The van der Waals surface area contributed by atoms with E-state index >= 15 is 0 Å². The standard InChI is InChI=1S/C8H13N3O2/c1-2-7(8(9)12)10-5-6-3-4-13-11-6/h3-4,7,10H,2,5H2,1H3,(H2,9,12). The van der Waals surface area contributed by atoms with Gasteiger partial charge in [-0.1, -0.05) is 12.1 Å². The van der Waals surface area contributed by atoms with Crippen LogP contribution in [-0.4, -0.2) is 17.1 Å². The number of nitrogens with one attached hydrogen (secondary N) is 1. The Morgan fingerprint density at radius 2 is 2.62 bits per heavy atom. The van der Waals surface area contributed by atoms with E-state index in [1.165, 1.54) is 6.26 Å². The smallest absolute Gasteiger partial charge is 0.234 e. The van der Waals surface area contributed by atoms with E-state index in [4.69, 9.17) is 5.73 Å². The molecule has 72 valence electrons. The molecule has 0 fully saturated rings. The summed E-state index contributed by atoms with van der Waals surface area (Å²) in [4.78, 5) is 10.8. The van der Waals surface area contributed by atoms with Crippen molar-refractivity contribution in [1.29, 1.82) is 0 Å². The van der Waals surface area contributed by atoms with Crippen LogP contribution in [0.15, 0.2) is 16.9 Å². The number of carbonyl (C=O) groups is 1. The maximum atomic E-state index is 10.8. The van der Waals surface area contributed by atoms with Crippen LogP contribution in [0.2, 0.25) is 0 Å². The lowest BCUT2D eigenvalue weighted by atomic mass is 10.2. The van der Waals surface area contributed by atoms with Crippen LogP contribution in [0.5, 0.6) is 0 Å². The second-order valence-corrected chi connectivity index (χ2v) is 2.73. The summed E-state index contributed by atoms with van der Waals surface area (Å²) >= 11 is 0. The summed E-state index contributed by atoms with van der Waals surface area (Å²) in [5, 5.41) is 6.67. The zero-order chi connectivity index (χ0) is 9.68. The molecule has 5 nitrogen and oxygen atoms in total. The van der Waals surface area contributed by atoms with Gasteiger partial charge in [0.05, 0.1) is 11.7 Å². The molecule has 3 N–H and O–H groups in total. The van der Waals surface area contributed by atoms with Crippen molar-refractivity contribution in [3.8, 4) is 0 Å². The average Bonchev–Trinajstić information content (AvgIpc) is 2.57. The van der Waals surface area contributed by atoms with Crippen LogP contribution in [0.25, 0.3) is 0 Å². The van der Waals surface area contributed by atoms with E-state index in [2.05, 4.69) is 15.0 Å². The highest BCUT2D eigenvalue weighted by molar-refractivity contribution is 5.79. The highest BCUT2D eigenvalue weighted by Gasteiger charge is 2.11. The molecule has 1 heterocycles. The van der Waals surface area contributed by atoms with Crippen molar-refractivity contribution < 1.29 is 9.32 Å². The van der Waals surface area contributed by atoms with Gasteiger partial charge in [-0.3, -0.25) is 4.79 Å². The SMILES string of the molecule is CCC(NCc1ccon1)C(N)=O. The number of hydrogen-bond acceptors (Lipinski definition) is 4. The molecule has 5 heteroatoms. The molecular weight excluding hydrogens is 170 g/mol. The van der Waals surface area contributed by atoms with Gasteiger partial charge in [-0.2, -0.15) is 0 Å². The molecule has 1 amide bonds. The van der Waals surface area contributed by atoms with Crippen LogP contribution >= 0.6 is 0 Å². The van der Waals surface area contributed by atoms with Crippen LogP contribution in [0.1, 0.15) is 19.0 Å². The minimum absolute atomic E-state index is 0.295. The zero-order valence-corrected chi connectivity index (χ0v) is 7.49. The lowest BCUT2D eigenvalue weighted by Crippen LogP contribution is -2.40.